The Kier molecular flexibility index (Phi) is 4.99. The molecule has 0 radical (unpaired) electrons. The summed E-state index contributed by atoms with van der Waals surface area (Å²) in [6.45, 7) is 10.3. The lowest BCUT2D eigenvalue weighted by Crippen LogP contribution is -2.38. The molecule has 1 aliphatic carbocycles. The molecule has 0 aromatic heterocycles. The molecule has 3 unspecified atom stereocenters. The summed E-state index contributed by atoms with van der Waals surface area (Å²) >= 11 is 0. The van der Waals surface area contributed by atoms with Gasteiger partial charge >= 0.3 is 0 Å². The number of halogens is 1. The van der Waals surface area contributed by atoms with Crippen molar-refractivity contribution < 1.29 is 8.84 Å². The predicted octanol–water partition coefficient (Wildman–Crippen LogP) is 4.18. The second-order valence-electron chi connectivity index (χ2n) is 6.39. The number of ether oxygens (including phenoxy) is 1. The lowest BCUT2D eigenvalue weighted by molar-refractivity contribution is -0.0229. The molecule has 0 aromatic carbocycles. The van der Waals surface area contributed by atoms with Gasteiger partial charge in [-0.2, -0.15) is 0 Å². The Bertz CT molecular complexity index is 212. The van der Waals surface area contributed by atoms with E-state index in [1.54, 1.807) is 13.1 Å². The van der Waals surface area contributed by atoms with Crippen molar-refractivity contribution in [3.8, 4) is 0 Å². The van der Waals surface area contributed by atoms with Crippen LogP contribution in [0.5, 0.6) is 0 Å². The van der Waals surface area contributed by atoms with Gasteiger partial charge in [0.05, 0.1) is 12.3 Å². The first-order chi connectivity index (χ1) is 7.29. The van der Waals surface area contributed by atoms with Crippen LogP contribution in [-0.4, -0.2) is 20.7 Å². The molecule has 0 amide bonds. The number of hydrogen-bond donors (Lipinski definition) is 0. The summed E-state index contributed by atoms with van der Waals surface area (Å²) in [5.41, 5.74) is 0. The maximum atomic E-state index is 13.6. The van der Waals surface area contributed by atoms with Crippen LogP contribution < -0.4 is 0 Å². The quantitative estimate of drug-likeness (QED) is 0.534. The molecule has 0 aliphatic heterocycles. The van der Waals surface area contributed by atoms with Crippen LogP contribution in [0.3, 0.4) is 0 Å². The molecule has 0 aromatic rings. The molecule has 1 saturated carbocycles. The topological polar surface area (TPSA) is 9.23 Å². The molecule has 3 atom stereocenters. The summed E-state index contributed by atoms with van der Waals surface area (Å²) in [4.78, 5) is 0. The maximum absolute atomic E-state index is 13.6. The highest BCUT2D eigenvalue weighted by atomic mass is 28.4. The summed E-state index contributed by atoms with van der Waals surface area (Å²) in [5.74, 6) is 2.03. The zero-order valence-corrected chi connectivity index (χ0v) is 12.4. The van der Waals surface area contributed by atoms with Gasteiger partial charge in [-0.3, -0.25) is 0 Å². The Balaban J connectivity index is 2.51. The van der Waals surface area contributed by atoms with E-state index < -0.39 is 8.41 Å². The molecule has 96 valence electrons. The van der Waals surface area contributed by atoms with Crippen LogP contribution in [0.1, 0.15) is 40.0 Å². The van der Waals surface area contributed by atoms with Gasteiger partial charge in [0.15, 0.2) is 0 Å². The first kappa shape index (κ1) is 14.2. The van der Waals surface area contributed by atoms with Crippen LogP contribution in [0, 0.1) is 17.8 Å². The predicted molar refractivity (Wildman–Crippen MR) is 69.7 cm³/mol. The van der Waals surface area contributed by atoms with Crippen LogP contribution >= 0.6 is 0 Å². The highest BCUT2D eigenvalue weighted by Crippen LogP contribution is 2.35. The zero-order valence-electron chi connectivity index (χ0n) is 11.4. The molecule has 16 heavy (non-hydrogen) atoms. The number of hydrogen-bond acceptors (Lipinski definition) is 1. The summed E-state index contributed by atoms with van der Waals surface area (Å²) < 4.78 is 19.5. The standard InChI is InChI=1S/C13H27FOSi/c1-10(2)12-7-6-11(3)8-13(12)15-9-16(4,5)14/h10-13H,6-9H2,1-5H3. The van der Waals surface area contributed by atoms with Gasteiger partial charge in [0.1, 0.15) is 0 Å². The van der Waals surface area contributed by atoms with E-state index in [2.05, 4.69) is 20.8 Å². The molecule has 0 spiro atoms. The highest BCUT2D eigenvalue weighted by Gasteiger charge is 2.33. The van der Waals surface area contributed by atoms with E-state index in [1.807, 2.05) is 0 Å². The van der Waals surface area contributed by atoms with Crippen LogP contribution in [0.4, 0.5) is 4.11 Å². The number of rotatable bonds is 4. The summed E-state index contributed by atoms with van der Waals surface area (Å²) in [6.07, 6.45) is 4.34. The molecule has 0 N–H and O–H groups in total. The average Bonchev–Trinajstić information content (AvgIpc) is 2.13. The lowest BCUT2D eigenvalue weighted by Gasteiger charge is -2.37. The van der Waals surface area contributed by atoms with Crippen molar-refractivity contribution in [1.82, 2.24) is 0 Å². The van der Waals surface area contributed by atoms with Crippen LogP contribution in [0.25, 0.3) is 0 Å². The van der Waals surface area contributed by atoms with Crippen molar-refractivity contribution in [2.45, 2.75) is 59.2 Å². The summed E-state index contributed by atoms with van der Waals surface area (Å²) in [5, 5.41) is 0. The van der Waals surface area contributed by atoms with Gasteiger partial charge in [-0.15, -0.1) is 0 Å². The minimum atomic E-state index is -2.55. The van der Waals surface area contributed by atoms with E-state index in [0.717, 1.165) is 12.3 Å². The zero-order chi connectivity index (χ0) is 12.3. The smallest absolute Gasteiger partial charge is 0.266 e. The van der Waals surface area contributed by atoms with Crippen LogP contribution in [0.15, 0.2) is 0 Å². The average molecular weight is 246 g/mol. The fourth-order valence-electron chi connectivity index (χ4n) is 2.61. The molecule has 0 heterocycles. The maximum Gasteiger partial charge on any atom is 0.266 e. The van der Waals surface area contributed by atoms with E-state index in [9.17, 15) is 4.11 Å². The SMILES string of the molecule is CC1CCC(C(C)C)C(OC[Si](C)(C)F)C1. The third-order valence-corrected chi connectivity index (χ3v) is 4.46. The van der Waals surface area contributed by atoms with Crippen LogP contribution in [0.2, 0.25) is 13.1 Å². The van der Waals surface area contributed by atoms with Crippen molar-refractivity contribution in [2.24, 2.45) is 17.8 Å². The molecule has 1 rings (SSSR count). The van der Waals surface area contributed by atoms with Crippen molar-refractivity contribution in [3.63, 3.8) is 0 Å². The van der Waals surface area contributed by atoms with Crippen LogP contribution in [-0.2, 0) is 4.74 Å². The van der Waals surface area contributed by atoms with Crippen molar-refractivity contribution in [2.75, 3.05) is 6.23 Å². The van der Waals surface area contributed by atoms with Gasteiger partial charge in [-0.25, -0.2) is 0 Å². The Morgan fingerprint density at radius 1 is 1.31 bits per heavy atom. The van der Waals surface area contributed by atoms with Gasteiger partial charge in [-0.05, 0) is 43.7 Å². The first-order valence-corrected chi connectivity index (χ1v) is 9.68. The first-order valence-electron chi connectivity index (χ1n) is 6.60. The molecular weight excluding hydrogens is 219 g/mol. The third kappa shape index (κ3) is 4.54. The minimum absolute atomic E-state index is 0.297. The van der Waals surface area contributed by atoms with Crippen molar-refractivity contribution in [1.29, 1.82) is 0 Å². The molecular formula is C13H27FOSi. The Hall–Kier alpha value is 0.107. The monoisotopic (exact) mass is 246 g/mol. The Labute approximate surface area is 101 Å². The van der Waals surface area contributed by atoms with E-state index in [4.69, 9.17) is 4.74 Å². The van der Waals surface area contributed by atoms with Gasteiger partial charge < -0.3 is 8.84 Å². The molecule has 0 bridgehead atoms. The van der Waals surface area contributed by atoms with Crippen molar-refractivity contribution in [3.05, 3.63) is 0 Å². The third-order valence-electron chi connectivity index (χ3n) is 3.60. The lowest BCUT2D eigenvalue weighted by atomic mass is 9.75. The largest absolute Gasteiger partial charge is 0.378 e. The molecule has 1 nitrogen and oxygen atoms in total. The molecule has 1 aliphatic rings. The molecule has 3 heteroatoms. The summed E-state index contributed by atoms with van der Waals surface area (Å²) in [7, 11) is -2.55. The van der Waals surface area contributed by atoms with E-state index in [0.29, 0.717) is 24.2 Å². The van der Waals surface area contributed by atoms with E-state index >= 15 is 0 Å². The highest BCUT2D eigenvalue weighted by molar-refractivity contribution is 6.70. The molecule has 0 saturated heterocycles. The van der Waals surface area contributed by atoms with E-state index in [-0.39, 0.29) is 0 Å². The van der Waals surface area contributed by atoms with Crippen molar-refractivity contribution >= 4 is 8.41 Å². The second-order valence-corrected chi connectivity index (χ2v) is 10.1. The normalized spacial score (nSPS) is 32.1. The fourth-order valence-corrected chi connectivity index (χ4v) is 3.22. The van der Waals surface area contributed by atoms with Gasteiger partial charge in [0.25, 0.3) is 8.41 Å². The molecule has 1 fully saturated rings. The fraction of sp³-hybridized carbons (Fsp3) is 1.00. The van der Waals surface area contributed by atoms with Gasteiger partial charge in [0, 0.05) is 0 Å². The van der Waals surface area contributed by atoms with E-state index in [1.165, 1.54) is 12.8 Å². The minimum Gasteiger partial charge on any atom is -0.378 e. The Morgan fingerprint density at radius 3 is 2.44 bits per heavy atom. The second kappa shape index (κ2) is 5.63. The van der Waals surface area contributed by atoms with Gasteiger partial charge in [-0.1, -0.05) is 27.2 Å². The Morgan fingerprint density at radius 2 is 1.94 bits per heavy atom. The van der Waals surface area contributed by atoms with Gasteiger partial charge in [0.2, 0.25) is 0 Å². The summed E-state index contributed by atoms with van der Waals surface area (Å²) in [6, 6.07) is 0.